The molecule has 14 heteroatoms. The van der Waals surface area contributed by atoms with Crippen molar-refractivity contribution in [1.82, 2.24) is 14.9 Å². The summed E-state index contributed by atoms with van der Waals surface area (Å²) >= 11 is 1.34. The number of carboxylic acids is 1. The molecule has 0 spiro atoms. The lowest BCUT2D eigenvalue weighted by Gasteiger charge is -2.32. The minimum absolute atomic E-state index is 0.118. The molecule has 1 aromatic carbocycles. The number of phenolic OH excluding ortho intramolecular Hbond substituents is 1. The van der Waals surface area contributed by atoms with Crippen LogP contribution in [0.4, 0.5) is 0 Å². The molecule has 1 amide bonds. The van der Waals surface area contributed by atoms with E-state index < -0.39 is 64.5 Å². The number of carbonyl (C=O) groups is 2. The second kappa shape index (κ2) is 10.8. The zero-order valence-corrected chi connectivity index (χ0v) is 20.2. The first kappa shape index (κ1) is 27.4. The van der Waals surface area contributed by atoms with Gasteiger partial charge in [0, 0.05) is 22.8 Å². The van der Waals surface area contributed by atoms with Crippen LogP contribution >= 0.6 is 11.8 Å². The largest absolute Gasteiger partial charge is 0.508 e. The van der Waals surface area contributed by atoms with Crippen molar-refractivity contribution in [1.29, 1.82) is 0 Å². The van der Waals surface area contributed by atoms with Crippen LogP contribution in [0.15, 0.2) is 46.1 Å². The molecule has 36 heavy (non-hydrogen) atoms. The summed E-state index contributed by atoms with van der Waals surface area (Å²) in [6.45, 7) is 3.42. The van der Waals surface area contributed by atoms with E-state index in [1.54, 1.807) is 26.0 Å². The molecule has 6 atom stereocenters. The van der Waals surface area contributed by atoms with Crippen LogP contribution in [-0.4, -0.2) is 77.0 Å². The number of hydrogen-bond acceptors (Lipinski definition) is 10. The second-order valence-electron chi connectivity index (χ2n) is 8.85. The first-order valence-electron chi connectivity index (χ1n) is 10.9. The van der Waals surface area contributed by atoms with Gasteiger partial charge in [-0.3, -0.25) is 19.1 Å². The average molecular weight is 525 g/mol. The molecule has 1 aliphatic rings. The molecule has 1 saturated heterocycles. The van der Waals surface area contributed by atoms with E-state index in [-0.39, 0.29) is 5.75 Å². The van der Waals surface area contributed by atoms with Crippen molar-refractivity contribution < 1.29 is 34.8 Å². The van der Waals surface area contributed by atoms with Gasteiger partial charge in [-0.25, -0.2) is 9.59 Å². The van der Waals surface area contributed by atoms with Crippen LogP contribution in [0, 0.1) is 0 Å². The summed E-state index contributed by atoms with van der Waals surface area (Å²) in [6.07, 6.45) is -5.64. The first-order valence-corrected chi connectivity index (χ1v) is 11.8. The van der Waals surface area contributed by atoms with Gasteiger partial charge in [0.2, 0.25) is 5.91 Å². The number of aromatic amines is 1. The molecule has 0 saturated carbocycles. The predicted molar refractivity (Wildman–Crippen MR) is 128 cm³/mol. The number of nitrogens with one attached hydrogen (secondary N) is 2. The monoisotopic (exact) mass is 524 g/mol. The van der Waals surface area contributed by atoms with E-state index in [1.807, 2.05) is 4.98 Å². The Morgan fingerprint density at radius 3 is 2.42 bits per heavy atom. The number of rotatable bonds is 9. The Kier molecular flexibility index (Phi) is 8.26. The summed E-state index contributed by atoms with van der Waals surface area (Å²) in [4.78, 5) is 50.2. The fraction of sp³-hybridized carbons (Fsp3) is 0.455. The maximum absolute atomic E-state index is 12.9. The van der Waals surface area contributed by atoms with Gasteiger partial charge in [0.15, 0.2) is 12.3 Å². The van der Waals surface area contributed by atoms with Gasteiger partial charge >= 0.3 is 11.7 Å². The smallest absolute Gasteiger partial charge is 0.330 e. The topological polar surface area (TPSA) is 217 Å². The third-order valence-electron chi connectivity index (χ3n) is 5.87. The Morgan fingerprint density at radius 1 is 1.19 bits per heavy atom. The third-order valence-corrected chi connectivity index (χ3v) is 7.35. The number of aromatic nitrogens is 2. The number of amides is 1. The van der Waals surface area contributed by atoms with E-state index in [4.69, 9.17) is 10.5 Å². The molecule has 1 aliphatic heterocycles. The van der Waals surface area contributed by atoms with Gasteiger partial charge in [-0.15, -0.1) is 11.8 Å². The summed E-state index contributed by atoms with van der Waals surface area (Å²) in [5, 5.41) is 42.3. The van der Waals surface area contributed by atoms with Crippen LogP contribution < -0.4 is 22.3 Å². The number of hydrogen-bond donors (Lipinski definition) is 7. The Labute approximate surface area is 208 Å². The van der Waals surface area contributed by atoms with Crippen molar-refractivity contribution in [2.24, 2.45) is 5.73 Å². The van der Waals surface area contributed by atoms with E-state index >= 15 is 0 Å². The fourth-order valence-electron chi connectivity index (χ4n) is 3.61. The molecule has 0 unspecified atom stereocenters. The number of benzene rings is 1. The lowest BCUT2D eigenvalue weighted by Crippen LogP contribution is -2.59. The van der Waals surface area contributed by atoms with Crippen molar-refractivity contribution in [3.63, 3.8) is 0 Å². The summed E-state index contributed by atoms with van der Waals surface area (Å²) in [6, 6.07) is 4.50. The molecule has 1 aromatic heterocycles. The van der Waals surface area contributed by atoms with Crippen LogP contribution in [0.25, 0.3) is 0 Å². The molecule has 196 valence electrons. The number of aliphatic carboxylic acids is 1. The van der Waals surface area contributed by atoms with Gasteiger partial charge in [-0.05, 0) is 31.5 Å². The summed E-state index contributed by atoms with van der Waals surface area (Å²) in [5.41, 5.74) is 5.39. The second-order valence-corrected chi connectivity index (χ2v) is 10.5. The summed E-state index contributed by atoms with van der Waals surface area (Å²) in [7, 11) is 0. The number of phenols is 1. The van der Waals surface area contributed by atoms with Crippen LogP contribution in [0.5, 0.6) is 5.75 Å². The minimum atomic E-state index is -1.81. The van der Waals surface area contributed by atoms with E-state index in [1.165, 1.54) is 23.9 Å². The van der Waals surface area contributed by atoms with E-state index in [2.05, 4.69) is 5.32 Å². The van der Waals surface area contributed by atoms with E-state index in [0.717, 1.165) is 22.4 Å². The SMILES string of the molecule is CC(C)(SCc1ccc(O)cc1)[C@H](N)C(=O)N[C@H](C(=O)O)[C@H]1O[C@@H](n2ccc(=O)[nH]c2=O)[C@H](O)[C@@H]1O. The number of nitrogens with zero attached hydrogens (tertiary/aromatic N) is 1. The molecule has 3 rings (SSSR count). The third kappa shape index (κ3) is 5.96. The number of carboxylic acid groups (broad SMARTS) is 1. The van der Waals surface area contributed by atoms with Gasteiger partial charge in [-0.1, -0.05) is 12.1 Å². The van der Waals surface area contributed by atoms with Crippen molar-refractivity contribution in [2.75, 3.05) is 0 Å². The molecular weight excluding hydrogens is 496 g/mol. The Balaban J connectivity index is 1.72. The predicted octanol–water partition coefficient (Wildman–Crippen LogP) is -1.53. The molecular formula is C22H28N4O9S. The maximum atomic E-state index is 12.9. The average Bonchev–Trinajstić information content (AvgIpc) is 3.10. The molecule has 13 nitrogen and oxygen atoms in total. The fourth-order valence-corrected chi connectivity index (χ4v) is 4.63. The standard InChI is InChI=1S/C22H28N4O9S/c1-22(2,36-9-10-3-5-11(27)6-4-10)17(23)18(31)25-13(20(32)33)16-14(29)15(30)19(35-16)26-8-7-12(28)24-21(26)34/h3-8,13-17,19,27,29-30H,9,23H2,1-2H3,(H,25,31)(H,32,33)(H,24,28,34)/t13-,14-,15+,16+,17+,19+/m0/s1. The van der Waals surface area contributed by atoms with Gasteiger partial charge in [-0.2, -0.15) is 0 Å². The zero-order chi connectivity index (χ0) is 26.8. The highest BCUT2D eigenvalue weighted by atomic mass is 32.2. The molecule has 2 aromatic rings. The Morgan fingerprint density at radius 2 is 1.83 bits per heavy atom. The van der Waals surface area contributed by atoms with Crippen LogP contribution in [0.1, 0.15) is 25.6 Å². The van der Waals surface area contributed by atoms with Crippen LogP contribution in [0.2, 0.25) is 0 Å². The lowest BCUT2D eigenvalue weighted by atomic mass is 10.00. The van der Waals surface area contributed by atoms with Crippen molar-refractivity contribution >= 4 is 23.6 Å². The zero-order valence-electron chi connectivity index (χ0n) is 19.4. The number of nitrogens with two attached hydrogens (primary N) is 1. The van der Waals surface area contributed by atoms with Gasteiger partial charge in [0.05, 0.1) is 6.04 Å². The van der Waals surface area contributed by atoms with E-state index in [0.29, 0.717) is 5.75 Å². The number of aliphatic hydroxyl groups is 2. The highest BCUT2D eigenvalue weighted by Gasteiger charge is 2.50. The highest BCUT2D eigenvalue weighted by molar-refractivity contribution is 7.99. The van der Waals surface area contributed by atoms with Crippen molar-refractivity contribution in [2.45, 2.75) is 61.0 Å². The van der Waals surface area contributed by atoms with Crippen molar-refractivity contribution in [3.8, 4) is 5.75 Å². The number of thioether (sulfide) groups is 1. The number of carbonyl (C=O) groups excluding carboxylic acids is 1. The summed E-state index contributed by atoms with van der Waals surface area (Å²) in [5.74, 6) is -1.81. The number of aromatic hydroxyl groups is 1. The van der Waals surface area contributed by atoms with E-state index in [9.17, 15) is 39.6 Å². The molecule has 2 heterocycles. The van der Waals surface area contributed by atoms with Gasteiger partial charge < -0.3 is 36.2 Å². The Hall–Kier alpha value is -3.17. The molecule has 0 aliphatic carbocycles. The molecule has 0 radical (unpaired) electrons. The summed E-state index contributed by atoms with van der Waals surface area (Å²) < 4.78 is 5.42. The molecule has 1 fully saturated rings. The molecule has 0 bridgehead atoms. The van der Waals surface area contributed by atoms with Crippen LogP contribution in [-0.2, 0) is 20.1 Å². The van der Waals surface area contributed by atoms with Crippen molar-refractivity contribution in [3.05, 3.63) is 62.9 Å². The number of H-pyrrole nitrogens is 1. The normalized spacial score (nSPS) is 23.7. The number of ether oxygens (including phenoxy) is 1. The number of aliphatic hydroxyl groups excluding tert-OH is 2. The van der Waals surface area contributed by atoms with Gasteiger partial charge in [0.1, 0.15) is 24.1 Å². The van der Waals surface area contributed by atoms with Gasteiger partial charge in [0.25, 0.3) is 5.56 Å². The molecule has 8 N–H and O–H groups in total. The Bertz CT molecular complexity index is 1210. The maximum Gasteiger partial charge on any atom is 0.330 e. The quantitative estimate of drug-likeness (QED) is 0.200. The highest BCUT2D eigenvalue weighted by Crippen LogP contribution is 2.32. The lowest BCUT2D eigenvalue weighted by molar-refractivity contribution is -0.149. The van der Waals surface area contributed by atoms with Crippen LogP contribution in [0.3, 0.4) is 0 Å². The minimum Gasteiger partial charge on any atom is -0.508 e. The first-order chi connectivity index (χ1) is 16.8.